The van der Waals surface area contributed by atoms with Gasteiger partial charge in [0, 0.05) is 17.9 Å². The fourth-order valence-electron chi connectivity index (χ4n) is 5.57. The number of aryl methyl sites for hydroxylation is 2. The summed E-state index contributed by atoms with van der Waals surface area (Å²) < 4.78 is 47.3. The van der Waals surface area contributed by atoms with Gasteiger partial charge in [0.05, 0.1) is 12.2 Å². The highest BCUT2D eigenvalue weighted by atomic mass is 19.4. The van der Waals surface area contributed by atoms with Crippen molar-refractivity contribution in [1.82, 2.24) is 0 Å². The van der Waals surface area contributed by atoms with Gasteiger partial charge in [-0.25, -0.2) is 0 Å². The van der Waals surface area contributed by atoms with Crippen LogP contribution in [0.2, 0.25) is 0 Å². The highest BCUT2D eigenvalue weighted by molar-refractivity contribution is 5.53. The fraction of sp³-hybridized carbons (Fsp3) is 0.438. The number of ether oxygens (including phenoxy) is 1. The lowest BCUT2D eigenvalue weighted by Crippen LogP contribution is -2.26. The molecular weight excluding hydrogens is 457 g/mol. The molecule has 0 fully saturated rings. The Morgan fingerprint density at radius 2 is 1.28 bits per heavy atom. The Labute approximate surface area is 214 Å². The number of alkyl halides is 3. The molecule has 0 bridgehead atoms. The summed E-state index contributed by atoms with van der Waals surface area (Å²) >= 11 is 0. The first-order chi connectivity index (χ1) is 16.6. The van der Waals surface area contributed by atoms with Gasteiger partial charge in [-0.15, -0.1) is 0 Å². The number of hydrogen-bond acceptors (Lipinski definition) is 1. The van der Waals surface area contributed by atoms with E-state index in [0.717, 1.165) is 22.3 Å². The van der Waals surface area contributed by atoms with Crippen LogP contribution in [-0.2, 0) is 28.4 Å². The summed E-state index contributed by atoms with van der Waals surface area (Å²) in [5.41, 5.74) is 6.39. The molecule has 3 aromatic carbocycles. The van der Waals surface area contributed by atoms with Crippen molar-refractivity contribution in [2.24, 2.45) is 0 Å². The van der Waals surface area contributed by atoms with Gasteiger partial charge < -0.3 is 4.74 Å². The topological polar surface area (TPSA) is 9.23 Å². The highest BCUT2D eigenvalue weighted by Gasteiger charge is 2.37. The molecule has 0 N–H and O–H groups in total. The van der Waals surface area contributed by atoms with Crippen LogP contribution in [0.1, 0.15) is 97.5 Å². The molecule has 0 aliphatic rings. The summed E-state index contributed by atoms with van der Waals surface area (Å²) in [5.74, 6) is -0.203. The van der Waals surface area contributed by atoms with Crippen molar-refractivity contribution in [3.8, 4) is 0 Å². The first-order valence-corrected chi connectivity index (χ1v) is 12.5. The molecule has 0 saturated carbocycles. The number of halogens is 3. The van der Waals surface area contributed by atoms with E-state index in [1.54, 1.807) is 27.0 Å². The van der Waals surface area contributed by atoms with Crippen molar-refractivity contribution in [2.75, 3.05) is 7.11 Å². The van der Waals surface area contributed by atoms with E-state index in [4.69, 9.17) is 4.74 Å². The van der Waals surface area contributed by atoms with E-state index in [2.05, 4.69) is 58.0 Å². The van der Waals surface area contributed by atoms with Crippen molar-refractivity contribution in [2.45, 2.75) is 84.9 Å². The molecule has 0 saturated heterocycles. The lowest BCUT2D eigenvalue weighted by molar-refractivity contribution is -0.138. The third-order valence-corrected chi connectivity index (χ3v) is 7.61. The number of methoxy groups -OCH3 is 1. The smallest absolute Gasteiger partial charge is 0.380 e. The minimum Gasteiger partial charge on any atom is -0.380 e. The van der Waals surface area contributed by atoms with Crippen LogP contribution >= 0.6 is 0 Å². The molecule has 3 rings (SSSR count). The maximum atomic E-state index is 13.9. The predicted molar refractivity (Wildman–Crippen MR) is 143 cm³/mol. The van der Waals surface area contributed by atoms with E-state index in [1.165, 1.54) is 17.2 Å². The molecule has 0 aliphatic heterocycles. The molecule has 0 heterocycles. The monoisotopic (exact) mass is 496 g/mol. The van der Waals surface area contributed by atoms with E-state index in [1.807, 2.05) is 26.0 Å². The predicted octanol–water partition coefficient (Wildman–Crippen LogP) is 9.24. The Balaban J connectivity index is 2.13. The van der Waals surface area contributed by atoms with Crippen LogP contribution in [0.25, 0.3) is 0 Å². The molecule has 0 aliphatic carbocycles. The number of hydrogen-bond donors (Lipinski definition) is 0. The van der Waals surface area contributed by atoms with Crippen LogP contribution in [0, 0.1) is 13.8 Å². The lowest BCUT2D eigenvalue weighted by atomic mass is 9.70. The standard InChI is InChI=1S/C32H39F3O/c1-20(2)25-15-14-24(18-29(25)32(33,34)35)30(5,6)27-16-22(4)28(17-21(27)3)31(7,8)26-13-11-10-12-23(26)19-36-9/h10-18,20H,19H2,1-9H3. The zero-order valence-electron chi connectivity index (χ0n) is 23.0. The quantitative estimate of drug-likeness (QED) is 0.317. The Morgan fingerprint density at radius 1 is 0.722 bits per heavy atom. The molecule has 0 amide bonds. The largest absolute Gasteiger partial charge is 0.416 e. The average molecular weight is 497 g/mol. The molecule has 0 aromatic heterocycles. The zero-order valence-corrected chi connectivity index (χ0v) is 23.0. The van der Waals surface area contributed by atoms with E-state index < -0.39 is 17.2 Å². The third-order valence-electron chi connectivity index (χ3n) is 7.61. The SMILES string of the molecule is COCc1ccccc1C(C)(C)c1cc(C)c(C(C)(C)c2ccc(C(C)C)c(C(F)(F)F)c2)cc1C. The van der Waals surface area contributed by atoms with E-state index in [9.17, 15) is 13.2 Å². The number of benzene rings is 3. The van der Waals surface area contributed by atoms with Crippen molar-refractivity contribution >= 4 is 0 Å². The first-order valence-electron chi connectivity index (χ1n) is 12.5. The Morgan fingerprint density at radius 3 is 1.81 bits per heavy atom. The summed E-state index contributed by atoms with van der Waals surface area (Å²) in [6.45, 7) is 16.8. The third kappa shape index (κ3) is 5.25. The number of rotatable bonds is 7. The second-order valence-corrected chi connectivity index (χ2v) is 11.3. The van der Waals surface area contributed by atoms with E-state index in [0.29, 0.717) is 17.7 Å². The Hall–Kier alpha value is -2.59. The van der Waals surface area contributed by atoms with Gasteiger partial charge in [-0.2, -0.15) is 13.2 Å². The molecule has 0 unspecified atom stereocenters. The molecule has 1 nitrogen and oxygen atoms in total. The van der Waals surface area contributed by atoms with Gasteiger partial charge in [0.15, 0.2) is 0 Å². The molecular formula is C32H39F3O. The van der Waals surface area contributed by atoms with Crippen LogP contribution in [0.3, 0.4) is 0 Å². The van der Waals surface area contributed by atoms with Gasteiger partial charge in [0.25, 0.3) is 0 Å². The molecule has 4 heteroatoms. The summed E-state index contributed by atoms with van der Waals surface area (Å²) in [4.78, 5) is 0. The first kappa shape index (κ1) is 28.0. The minimum absolute atomic E-state index is 0.203. The van der Waals surface area contributed by atoms with Gasteiger partial charge in [0.2, 0.25) is 0 Å². The minimum atomic E-state index is -4.39. The van der Waals surface area contributed by atoms with Crippen LogP contribution in [-0.4, -0.2) is 7.11 Å². The maximum Gasteiger partial charge on any atom is 0.416 e. The summed E-state index contributed by atoms with van der Waals surface area (Å²) in [6, 6.07) is 17.6. The molecule has 0 atom stereocenters. The fourth-order valence-corrected chi connectivity index (χ4v) is 5.57. The van der Waals surface area contributed by atoms with Crippen molar-refractivity contribution in [3.63, 3.8) is 0 Å². The summed E-state index contributed by atoms with van der Waals surface area (Å²) in [6.07, 6.45) is -4.39. The average Bonchev–Trinajstić information content (AvgIpc) is 2.79. The molecule has 0 radical (unpaired) electrons. The van der Waals surface area contributed by atoms with Crippen LogP contribution in [0.15, 0.2) is 54.6 Å². The normalized spacial score (nSPS) is 12.9. The molecule has 0 spiro atoms. The molecule has 3 aromatic rings. The van der Waals surface area contributed by atoms with Gasteiger partial charge >= 0.3 is 6.18 Å². The van der Waals surface area contributed by atoms with Crippen LogP contribution < -0.4 is 0 Å². The molecule has 36 heavy (non-hydrogen) atoms. The second-order valence-electron chi connectivity index (χ2n) is 11.3. The van der Waals surface area contributed by atoms with Crippen LogP contribution in [0.5, 0.6) is 0 Å². The zero-order chi connectivity index (χ0) is 27.1. The van der Waals surface area contributed by atoms with Crippen LogP contribution in [0.4, 0.5) is 13.2 Å². The van der Waals surface area contributed by atoms with Crippen molar-refractivity contribution in [1.29, 1.82) is 0 Å². The second kappa shape index (κ2) is 10.0. The van der Waals surface area contributed by atoms with Gasteiger partial charge in [0.1, 0.15) is 0 Å². The Kier molecular flexibility index (Phi) is 7.81. The highest BCUT2D eigenvalue weighted by Crippen LogP contribution is 2.43. The Bertz CT molecular complexity index is 1230. The van der Waals surface area contributed by atoms with Crippen molar-refractivity contribution < 1.29 is 17.9 Å². The van der Waals surface area contributed by atoms with Gasteiger partial charge in [-0.05, 0) is 70.3 Å². The van der Waals surface area contributed by atoms with Gasteiger partial charge in [-0.1, -0.05) is 90.1 Å². The summed E-state index contributed by atoms with van der Waals surface area (Å²) in [5, 5.41) is 0. The van der Waals surface area contributed by atoms with Gasteiger partial charge in [-0.3, -0.25) is 0 Å². The summed E-state index contributed by atoms with van der Waals surface area (Å²) in [7, 11) is 1.70. The lowest BCUT2D eigenvalue weighted by Gasteiger charge is -2.34. The molecule has 194 valence electrons. The van der Waals surface area contributed by atoms with Crippen molar-refractivity contribution in [3.05, 3.63) is 105 Å². The van der Waals surface area contributed by atoms with E-state index >= 15 is 0 Å². The van der Waals surface area contributed by atoms with E-state index in [-0.39, 0.29) is 11.3 Å². The maximum absolute atomic E-state index is 13.9.